The van der Waals surface area contributed by atoms with Crippen LogP contribution in [0.2, 0.25) is 0 Å². The number of hydrogen-bond donors (Lipinski definition) is 1. The molecule has 0 saturated carbocycles. The molecule has 0 spiro atoms. The van der Waals surface area contributed by atoms with Crippen molar-refractivity contribution >= 4 is 18.0 Å². The Morgan fingerprint density at radius 3 is 2.27 bits per heavy atom. The van der Waals surface area contributed by atoms with Crippen LogP contribution < -0.4 is 10.6 Å². The fourth-order valence-electron chi connectivity index (χ4n) is 2.15. The summed E-state index contributed by atoms with van der Waals surface area (Å²) in [5.41, 5.74) is 7.74. The van der Waals surface area contributed by atoms with Crippen molar-refractivity contribution in [3.63, 3.8) is 0 Å². The van der Waals surface area contributed by atoms with Gasteiger partial charge in [-0.3, -0.25) is 9.78 Å². The molecule has 146 valence electrons. The molecular weight excluding hydrogens is 324 g/mol. The molecule has 2 N–H and O–H groups in total. The predicted octanol–water partition coefficient (Wildman–Crippen LogP) is 4.56. The zero-order valence-electron chi connectivity index (χ0n) is 17.3. The Morgan fingerprint density at radius 1 is 1.27 bits per heavy atom. The summed E-state index contributed by atoms with van der Waals surface area (Å²) in [6, 6.07) is 4.27. The molecule has 1 heterocycles. The zero-order chi connectivity index (χ0) is 20.4. The van der Waals surface area contributed by atoms with Gasteiger partial charge in [0.1, 0.15) is 12.4 Å². The van der Waals surface area contributed by atoms with Gasteiger partial charge in [0.15, 0.2) is 0 Å². The summed E-state index contributed by atoms with van der Waals surface area (Å²) >= 11 is 0. The highest BCUT2D eigenvalue weighted by atomic mass is 16.1. The van der Waals surface area contributed by atoms with Crippen LogP contribution in [0.25, 0.3) is 6.08 Å². The molecule has 26 heavy (non-hydrogen) atoms. The van der Waals surface area contributed by atoms with Gasteiger partial charge in [-0.1, -0.05) is 40.5 Å². The maximum absolute atomic E-state index is 10.3. The van der Waals surface area contributed by atoms with Gasteiger partial charge in [0.05, 0.1) is 16.9 Å². The molecule has 5 nitrogen and oxygen atoms in total. The highest BCUT2D eigenvalue weighted by Crippen LogP contribution is 2.19. The topological polar surface area (TPSA) is 83.0 Å². The Kier molecular flexibility index (Phi) is 17.7. The highest BCUT2D eigenvalue weighted by molar-refractivity contribution is 5.77. The maximum Gasteiger partial charge on any atom is 0.142 e. The zero-order valence-corrected chi connectivity index (χ0v) is 17.3. The van der Waals surface area contributed by atoms with E-state index in [0.717, 1.165) is 12.2 Å². The maximum atomic E-state index is 10.3. The van der Waals surface area contributed by atoms with Gasteiger partial charge >= 0.3 is 0 Å². The second-order valence-electron chi connectivity index (χ2n) is 5.59. The van der Waals surface area contributed by atoms with Gasteiger partial charge in [-0.2, -0.15) is 5.26 Å². The number of pyridine rings is 1. The number of carbonyl (C=O) groups excluding carboxylic acids is 1. The van der Waals surface area contributed by atoms with Crippen LogP contribution in [-0.4, -0.2) is 30.9 Å². The number of rotatable bonds is 8. The first-order chi connectivity index (χ1) is 12.5. The van der Waals surface area contributed by atoms with E-state index in [1.54, 1.807) is 12.1 Å². The molecular formula is C21H36N4O. The highest BCUT2D eigenvalue weighted by Gasteiger charge is 2.06. The van der Waals surface area contributed by atoms with Gasteiger partial charge in [-0.25, -0.2) is 0 Å². The van der Waals surface area contributed by atoms with Gasteiger partial charge in [-0.15, -0.1) is 0 Å². The summed E-state index contributed by atoms with van der Waals surface area (Å²) in [5.74, 6) is 0. The third-order valence-electron chi connectivity index (χ3n) is 3.56. The van der Waals surface area contributed by atoms with E-state index >= 15 is 0 Å². The third-order valence-corrected chi connectivity index (χ3v) is 3.56. The van der Waals surface area contributed by atoms with Crippen molar-refractivity contribution in [1.82, 2.24) is 4.98 Å². The number of aromatic nitrogens is 1. The molecule has 0 unspecified atom stereocenters. The van der Waals surface area contributed by atoms with Gasteiger partial charge in [0.25, 0.3) is 0 Å². The fraction of sp³-hybridized carbons (Fsp3) is 0.571. The van der Waals surface area contributed by atoms with Gasteiger partial charge < -0.3 is 10.6 Å². The van der Waals surface area contributed by atoms with E-state index in [0.29, 0.717) is 23.6 Å². The third kappa shape index (κ3) is 11.4. The van der Waals surface area contributed by atoms with Crippen LogP contribution in [0.1, 0.15) is 71.6 Å². The summed E-state index contributed by atoms with van der Waals surface area (Å²) in [7, 11) is 1.91. The lowest BCUT2D eigenvalue weighted by molar-refractivity contribution is -0.104. The first kappa shape index (κ1) is 26.0. The van der Waals surface area contributed by atoms with Gasteiger partial charge in [0, 0.05) is 25.8 Å². The Balaban J connectivity index is 0. The van der Waals surface area contributed by atoms with Crippen molar-refractivity contribution in [3.8, 4) is 6.07 Å². The number of aldehydes is 1. The summed E-state index contributed by atoms with van der Waals surface area (Å²) < 4.78 is 0. The van der Waals surface area contributed by atoms with E-state index in [1.165, 1.54) is 38.0 Å². The van der Waals surface area contributed by atoms with Gasteiger partial charge in [0.2, 0.25) is 0 Å². The number of carbonyl (C=O) groups is 1. The normalized spacial score (nSPS) is 9.65. The molecule has 0 aliphatic heterocycles. The molecule has 0 fully saturated rings. The molecule has 0 aliphatic carbocycles. The SMILES string of the molecule is CC.CCCC(N)CCC.CCN(C)c1cc(C#N)cnc1/C=C\C=O. The minimum Gasteiger partial charge on any atom is -0.373 e. The number of allylic oxidation sites excluding steroid dienone is 1. The average molecular weight is 361 g/mol. The quantitative estimate of drug-likeness (QED) is 0.542. The molecule has 1 rings (SSSR count). The minimum absolute atomic E-state index is 0.463. The second-order valence-corrected chi connectivity index (χ2v) is 5.59. The molecule has 0 aliphatic rings. The van der Waals surface area contributed by atoms with Crippen LogP contribution in [0.4, 0.5) is 5.69 Å². The Morgan fingerprint density at radius 2 is 1.85 bits per heavy atom. The predicted molar refractivity (Wildman–Crippen MR) is 112 cm³/mol. The molecule has 5 heteroatoms. The first-order valence-electron chi connectivity index (χ1n) is 9.52. The molecule has 0 atom stereocenters. The summed E-state index contributed by atoms with van der Waals surface area (Å²) in [5, 5.41) is 8.80. The van der Waals surface area contributed by atoms with Crippen LogP contribution in [0.15, 0.2) is 18.3 Å². The largest absolute Gasteiger partial charge is 0.373 e. The molecule has 0 aromatic carbocycles. The van der Waals surface area contributed by atoms with Crippen molar-refractivity contribution < 1.29 is 4.79 Å². The standard InChI is InChI=1S/C12H13N3O.C7H17N.C2H6/c1-3-15(2)12-7-10(8-13)9-14-11(12)5-4-6-16;1-3-5-7(8)6-4-2;1-2/h4-7,9H,3H2,1-2H3;7H,3-6,8H2,1-2H3;1-2H3/b5-4-;;. The smallest absolute Gasteiger partial charge is 0.142 e. The van der Waals surface area contributed by atoms with Crippen molar-refractivity contribution in [1.29, 1.82) is 5.26 Å². The fourth-order valence-corrected chi connectivity index (χ4v) is 2.15. The van der Waals surface area contributed by atoms with Crippen molar-refractivity contribution in [2.75, 3.05) is 18.5 Å². The average Bonchev–Trinajstić information content (AvgIpc) is 2.68. The Labute approximate surface area is 159 Å². The molecule has 0 amide bonds. The van der Waals surface area contributed by atoms with E-state index in [-0.39, 0.29) is 0 Å². The van der Waals surface area contributed by atoms with E-state index in [2.05, 4.69) is 18.8 Å². The number of hydrogen-bond acceptors (Lipinski definition) is 5. The number of nitrogens with zero attached hydrogens (tertiary/aromatic N) is 3. The van der Waals surface area contributed by atoms with Gasteiger partial charge in [-0.05, 0) is 38.0 Å². The van der Waals surface area contributed by atoms with E-state index in [4.69, 9.17) is 11.0 Å². The molecule has 0 saturated heterocycles. The summed E-state index contributed by atoms with van der Waals surface area (Å²) in [6.45, 7) is 11.2. The van der Waals surface area contributed by atoms with Crippen molar-refractivity contribution in [2.24, 2.45) is 5.73 Å². The molecule has 0 radical (unpaired) electrons. The number of nitriles is 1. The van der Waals surface area contributed by atoms with Crippen LogP contribution in [-0.2, 0) is 4.79 Å². The van der Waals surface area contributed by atoms with Crippen LogP contribution in [0, 0.1) is 11.3 Å². The molecule has 0 bridgehead atoms. The lowest BCUT2D eigenvalue weighted by atomic mass is 10.1. The number of nitrogens with two attached hydrogens (primary N) is 1. The van der Waals surface area contributed by atoms with E-state index < -0.39 is 0 Å². The van der Waals surface area contributed by atoms with Crippen molar-refractivity contribution in [2.45, 2.75) is 66.3 Å². The minimum atomic E-state index is 0.463. The van der Waals surface area contributed by atoms with Crippen molar-refractivity contribution in [3.05, 3.63) is 29.6 Å². The first-order valence-corrected chi connectivity index (χ1v) is 9.52. The summed E-state index contributed by atoms with van der Waals surface area (Å²) in [4.78, 5) is 16.4. The summed E-state index contributed by atoms with van der Waals surface area (Å²) in [6.07, 6.45) is 10.0. The molecule has 1 aromatic rings. The van der Waals surface area contributed by atoms with Crippen LogP contribution in [0.3, 0.4) is 0 Å². The second kappa shape index (κ2) is 17.6. The van der Waals surface area contributed by atoms with Crippen LogP contribution in [0.5, 0.6) is 0 Å². The van der Waals surface area contributed by atoms with Crippen LogP contribution >= 0.6 is 0 Å². The number of anilines is 1. The Hall–Kier alpha value is -2.19. The van der Waals surface area contributed by atoms with E-state index in [9.17, 15) is 4.79 Å². The van der Waals surface area contributed by atoms with E-state index in [1.807, 2.05) is 38.8 Å². The lowest BCUT2D eigenvalue weighted by Gasteiger charge is -2.18. The monoisotopic (exact) mass is 360 g/mol. The Bertz CT molecular complexity index is 543. The lowest BCUT2D eigenvalue weighted by Crippen LogP contribution is -2.18. The molecule has 1 aromatic heterocycles.